The Balaban J connectivity index is 2.01. The lowest BCUT2D eigenvalue weighted by Gasteiger charge is -2.40. The minimum absolute atomic E-state index is 0.0130. The van der Waals surface area contributed by atoms with Crippen LogP contribution in [0.1, 0.15) is 57.9 Å². The highest BCUT2D eigenvalue weighted by Crippen LogP contribution is 2.42. The van der Waals surface area contributed by atoms with E-state index in [-0.39, 0.29) is 24.9 Å². The molecular weight excluding hydrogens is 366 g/mol. The van der Waals surface area contributed by atoms with Crippen LogP contribution in [0.25, 0.3) is 0 Å². The van der Waals surface area contributed by atoms with Gasteiger partial charge in [-0.3, -0.25) is 9.59 Å². The highest BCUT2D eigenvalue weighted by molar-refractivity contribution is 6.20. The fourth-order valence-electron chi connectivity index (χ4n) is 3.50. The summed E-state index contributed by atoms with van der Waals surface area (Å²) in [5.41, 5.74) is 5.86. The second-order valence-electron chi connectivity index (χ2n) is 7.76. The van der Waals surface area contributed by atoms with Crippen LogP contribution in [-0.4, -0.2) is 23.5 Å². The summed E-state index contributed by atoms with van der Waals surface area (Å²) in [6.45, 7) is 3.95. The lowest BCUT2D eigenvalue weighted by atomic mass is 9.67. The maximum Gasteiger partial charge on any atom is 0.325 e. The number of benzene rings is 1. The van der Waals surface area contributed by atoms with Gasteiger partial charge in [-0.1, -0.05) is 75.0 Å². The molecule has 0 radical (unpaired) electrons. The van der Waals surface area contributed by atoms with Crippen molar-refractivity contribution in [1.29, 1.82) is 0 Å². The molecule has 1 aliphatic carbocycles. The number of alkyl halides is 1. The van der Waals surface area contributed by atoms with Crippen molar-refractivity contribution in [2.75, 3.05) is 0 Å². The van der Waals surface area contributed by atoms with Crippen LogP contribution in [0.15, 0.2) is 30.3 Å². The molecule has 2 unspecified atom stereocenters. The van der Waals surface area contributed by atoms with E-state index in [0.717, 1.165) is 24.8 Å². The van der Waals surface area contributed by atoms with Gasteiger partial charge in [-0.2, -0.15) is 0 Å². The van der Waals surface area contributed by atoms with Crippen LogP contribution in [0, 0.1) is 11.3 Å². The van der Waals surface area contributed by atoms with Crippen molar-refractivity contribution < 1.29 is 19.1 Å². The SMILES string of the molecule is CC(C)C(Cl)OC(=O)C(N)C1(CC(=O)OCc2ccccc2)CCCCC1. The van der Waals surface area contributed by atoms with Crippen molar-refractivity contribution in [1.82, 2.24) is 0 Å². The second-order valence-corrected chi connectivity index (χ2v) is 8.19. The van der Waals surface area contributed by atoms with Crippen molar-refractivity contribution in [3.63, 3.8) is 0 Å². The smallest absolute Gasteiger partial charge is 0.325 e. The molecule has 2 atom stereocenters. The zero-order chi connectivity index (χ0) is 19.9. The molecule has 1 fully saturated rings. The van der Waals surface area contributed by atoms with Gasteiger partial charge in [0.1, 0.15) is 12.6 Å². The number of hydrogen-bond donors (Lipinski definition) is 1. The Morgan fingerprint density at radius 2 is 1.78 bits per heavy atom. The number of esters is 2. The molecule has 6 heteroatoms. The van der Waals surface area contributed by atoms with E-state index in [4.69, 9.17) is 26.8 Å². The third-order valence-corrected chi connectivity index (χ3v) is 5.85. The van der Waals surface area contributed by atoms with E-state index in [1.54, 1.807) is 0 Å². The molecule has 1 saturated carbocycles. The Kier molecular flexibility index (Phi) is 8.11. The minimum Gasteiger partial charge on any atom is -0.461 e. The fourth-order valence-corrected chi connectivity index (χ4v) is 3.59. The van der Waals surface area contributed by atoms with Gasteiger partial charge in [0.05, 0.1) is 6.42 Å². The summed E-state index contributed by atoms with van der Waals surface area (Å²) in [6, 6.07) is 8.62. The summed E-state index contributed by atoms with van der Waals surface area (Å²) in [7, 11) is 0. The van der Waals surface area contributed by atoms with Crippen LogP contribution in [0.5, 0.6) is 0 Å². The van der Waals surface area contributed by atoms with Gasteiger partial charge in [0, 0.05) is 11.3 Å². The largest absolute Gasteiger partial charge is 0.461 e. The third kappa shape index (κ3) is 6.22. The van der Waals surface area contributed by atoms with Gasteiger partial charge in [0.15, 0.2) is 5.56 Å². The fraction of sp³-hybridized carbons (Fsp3) is 0.619. The van der Waals surface area contributed by atoms with Gasteiger partial charge in [-0.25, -0.2) is 0 Å². The number of ether oxygens (including phenoxy) is 2. The number of nitrogens with two attached hydrogens (primary N) is 1. The summed E-state index contributed by atoms with van der Waals surface area (Å²) >= 11 is 6.07. The first kappa shape index (κ1) is 21.7. The molecule has 2 N–H and O–H groups in total. The Hall–Kier alpha value is -1.59. The van der Waals surface area contributed by atoms with Gasteiger partial charge < -0.3 is 15.2 Å². The lowest BCUT2D eigenvalue weighted by Crippen LogP contribution is -2.51. The average molecular weight is 396 g/mol. The van der Waals surface area contributed by atoms with Crippen LogP contribution >= 0.6 is 11.6 Å². The molecular formula is C21H30ClNO4. The van der Waals surface area contributed by atoms with Gasteiger partial charge in [-0.15, -0.1) is 0 Å². The van der Waals surface area contributed by atoms with E-state index < -0.39 is 23.0 Å². The number of hydrogen-bond acceptors (Lipinski definition) is 5. The second kappa shape index (κ2) is 10.1. The van der Waals surface area contributed by atoms with Crippen molar-refractivity contribution in [3.8, 4) is 0 Å². The standard InChI is InChI=1S/C21H30ClNO4/c1-15(2)19(22)27-20(25)18(23)21(11-7-4-8-12-21)13-17(24)26-14-16-9-5-3-6-10-16/h3,5-6,9-10,15,18-19H,4,7-8,11-14,23H2,1-2H3. The molecule has 5 nitrogen and oxygen atoms in total. The van der Waals surface area contributed by atoms with Crippen LogP contribution in [0.4, 0.5) is 0 Å². The van der Waals surface area contributed by atoms with Gasteiger partial charge in [-0.05, 0) is 18.4 Å². The minimum atomic E-state index is -0.887. The van der Waals surface area contributed by atoms with E-state index in [1.165, 1.54) is 0 Å². The zero-order valence-electron chi connectivity index (χ0n) is 16.2. The highest BCUT2D eigenvalue weighted by atomic mass is 35.5. The maximum atomic E-state index is 12.5. The molecule has 0 aromatic heterocycles. The number of carbonyl (C=O) groups excluding carboxylic acids is 2. The van der Waals surface area contributed by atoms with E-state index >= 15 is 0 Å². The summed E-state index contributed by atoms with van der Waals surface area (Å²) < 4.78 is 10.7. The first-order chi connectivity index (χ1) is 12.8. The molecule has 0 bridgehead atoms. The molecule has 1 aliphatic rings. The monoisotopic (exact) mass is 395 g/mol. The highest BCUT2D eigenvalue weighted by Gasteiger charge is 2.45. The van der Waals surface area contributed by atoms with E-state index in [1.807, 2.05) is 44.2 Å². The van der Waals surface area contributed by atoms with Crippen LogP contribution in [0.2, 0.25) is 0 Å². The lowest BCUT2D eigenvalue weighted by molar-refractivity contribution is -0.156. The first-order valence-electron chi connectivity index (χ1n) is 9.64. The molecule has 0 aliphatic heterocycles. The maximum absolute atomic E-state index is 12.5. The molecule has 150 valence electrons. The number of carbonyl (C=O) groups is 2. The Bertz CT molecular complexity index is 614. The zero-order valence-corrected chi connectivity index (χ0v) is 16.9. The van der Waals surface area contributed by atoms with E-state index in [0.29, 0.717) is 12.8 Å². The van der Waals surface area contributed by atoms with E-state index in [9.17, 15) is 9.59 Å². The first-order valence-corrected chi connectivity index (χ1v) is 10.1. The van der Waals surface area contributed by atoms with Crippen LogP contribution in [0.3, 0.4) is 0 Å². The topological polar surface area (TPSA) is 78.6 Å². The van der Waals surface area contributed by atoms with Crippen LogP contribution < -0.4 is 5.73 Å². The Morgan fingerprint density at radius 1 is 1.15 bits per heavy atom. The predicted molar refractivity (Wildman–Crippen MR) is 105 cm³/mol. The predicted octanol–water partition coefficient (Wildman–Crippen LogP) is 4.16. The molecule has 27 heavy (non-hydrogen) atoms. The van der Waals surface area contributed by atoms with Gasteiger partial charge in [0.2, 0.25) is 0 Å². The van der Waals surface area contributed by atoms with Crippen molar-refractivity contribution in [2.45, 2.75) is 70.6 Å². The van der Waals surface area contributed by atoms with Crippen molar-refractivity contribution in [2.24, 2.45) is 17.1 Å². The molecule has 2 rings (SSSR count). The molecule has 0 spiro atoms. The summed E-state index contributed by atoms with van der Waals surface area (Å²) in [5, 5.41) is 0. The Labute approximate surface area is 166 Å². The molecule has 0 saturated heterocycles. The third-order valence-electron chi connectivity index (χ3n) is 5.25. The molecule has 1 aromatic carbocycles. The normalized spacial score (nSPS) is 18.6. The summed E-state index contributed by atoms with van der Waals surface area (Å²) in [5.74, 6) is -0.891. The van der Waals surface area contributed by atoms with Gasteiger partial charge in [0.25, 0.3) is 0 Å². The number of rotatable bonds is 8. The van der Waals surface area contributed by atoms with Crippen molar-refractivity contribution in [3.05, 3.63) is 35.9 Å². The molecule has 0 heterocycles. The number of halogens is 1. The average Bonchev–Trinajstić information content (AvgIpc) is 2.67. The van der Waals surface area contributed by atoms with Crippen LogP contribution in [-0.2, 0) is 25.7 Å². The summed E-state index contributed by atoms with van der Waals surface area (Å²) in [6.07, 6.45) is 4.47. The van der Waals surface area contributed by atoms with Crippen molar-refractivity contribution >= 4 is 23.5 Å². The van der Waals surface area contributed by atoms with Gasteiger partial charge >= 0.3 is 11.9 Å². The quantitative estimate of drug-likeness (QED) is 0.528. The molecule has 0 amide bonds. The summed E-state index contributed by atoms with van der Waals surface area (Å²) in [4.78, 5) is 25.0. The molecule has 1 aromatic rings. The van der Waals surface area contributed by atoms with E-state index in [2.05, 4.69) is 0 Å². The Morgan fingerprint density at radius 3 is 2.37 bits per heavy atom.